The Morgan fingerprint density at radius 2 is 1.88 bits per heavy atom. The summed E-state index contributed by atoms with van der Waals surface area (Å²) in [5, 5.41) is 5.18. The summed E-state index contributed by atoms with van der Waals surface area (Å²) in [5.41, 5.74) is 1.48. The van der Waals surface area contributed by atoms with Gasteiger partial charge in [-0.1, -0.05) is 19.4 Å². The van der Waals surface area contributed by atoms with Gasteiger partial charge in [-0.3, -0.25) is 9.78 Å². The van der Waals surface area contributed by atoms with Gasteiger partial charge in [0, 0.05) is 24.2 Å². The van der Waals surface area contributed by atoms with Crippen molar-refractivity contribution in [3.63, 3.8) is 0 Å². The smallest absolute Gasteiger partial charge is 0.340 e. The summed E-state index contributed by atoms with van der Waals surface area (Å²) >= 11 is 0. The number of carbonyl (C=O) groups excluding carboxylic acids is 2. The first-order chi connectivity index (χ1) is 15.5. The van der Waals surface area contributed by atoms with Crippen molar-refractivity contribution in [1.29, 1.82) is 0 Å². The summed E-state index contributed by atoms with van der Waals surface area (Å²) in [6.45, 7) is 4.62. The average molecular weight is 473 g/mol. The van der Waals surface area contributed by atoms with Crippen LogP contribution in [0, 0.1) is 28.6 Å². The van der Waals surface area contributed by atoms with E-state index in [2.05, 4.69) is 18.8 Å². The minimum absolute atomic E-state index is 0.0934. The third-order valence-electron chi connectivity index (χ3n) is 9.40. The van der Waals surface area contributed by atoms with Gasteiger partial charge in [-0.25, -0.2) is 18.4 Å². The minimum atomic E-state index is -3.95. The van der Waals surface area contributed by atoms with Crippen molar-refractivity contribution in [3.05, 3.63) is 35.7 Å². The van der Waals surface area contributed by atoms with E-state index in [1.807, 2.05) is 6.08 Å². The molecule has 3 saturated carbocycles. The number of aromatic nitrogens is 1. The number of allylic oxidation sites excluding steroid dienone is 1. The molecule has 1 heterocycles. The lowest BCUT2D eigenvalue weighted by Crippen LogP contribution is -2.51. The van der Waals surface area contributed by atoms with Crippen LogP contribution < -0.4 is 5.14 Å². The predicted octanol–water partition coefficient (Wildman–Crippen LogP) is 3.79. The molecule has 0 amide bonds. The highest BCUT2D eigenvalue weighted by Gasteiger charge is 2.60. The molecule has 3 unspecified atom stereocenters. The van der Waals surface area contributed by atoms with Crippen molar-refractivity contribution in [2.75, 3.05) is 0 Å². The molecule has 0 saturated heterocycles. The van der Waals surface area contributed by atoms with Crippen molar-refractivity contribution in [1.82, 2.24) is 4.98 Å². The maximum atomic E-state index is 12.9. The van der Waals surface area contributed by atoms with Crippen LogP contribution in [0.15, 0.2) is 35.0 Å². The second-order valence-electron chi connectivity index (χ2n) is 10.9. The van der Waals surface area contributed by atoms with Crippen LogP contribution in [0.1, 0.15) is 75.6 Å². The van der Waals surface area contributed by atoms with Crippen LogP contribution in [0.25, 0.3) is 0 Å². The Labute approximate surface area is 195 Å². The van der Waals surface area contributed by atoms with Gasteiger partial charge in [0.25, 0.3) is 0 Å². The molecule has 178 valence electrons. The average Bonchev–Trinajstić information content (AvgIpc) is 3.10. The van der Waals surface area contributed by atoms with Crippen LogP contribution in [-0.2, 0) is 19.6 Å². The van der Waals surface area contributed by atoms with Gasteiger partial charge < -0.3 is 4.74 Å². The quantitative estimate of drug-likeness (QED) is 0.669. The topological polar surface area (TPSA) is 116 Å². The summed E-state index contributed by atoms with van der Waals surface area (Å²) in [6, 6.07) is 1.23. The molecule has 6 atom stereocenters. The van der Waals surface area contributed by atoms with Gasteiger partial charge in [-0.15, -0.1) is 0 Å². The number of hydrogen-bond donors (Lipinski definition) is 1. The maximum absolute atomic E-state index is 12.9. The number of esters is 1. The third kappa shape index (κ3) is 3.66. The summed E-state index contributed by atoms with van der Waals surface area (Å²) < 4.78 is 29.3. The normalized spacial score (nSPS) is 38.0. The zero-order valence-corrected chi connectivity index (χ0v) is 20.1. The van der Waals surface area contributed by atoms with E-state index in [0.717, 1.165) is 51.1 Å². The molecule has 2 N–H and O–H groups in total. The Balaban J connectivity index is 1.35. The molecule has 0 radical (unpaired) electrons. The van der Waals surface area contributed by atoms with E-state index in [9.17, 15) is 18.0 Å². The van der Waals surface area contributed by atoms with E-state index in [4.69, 9.17) is 9.88 Å². The Morgan fingerprint density at radius 3 is 2.64 bits per heavy atom. The van der Waals surface area contributed by atoms with E-state index in [-0.39, 0.29) is 33.2 Å². The zero-order valence-electron chi connectivity index (χ0n) is 19.2. The van der Waals surface area contributed by atoms with E-state index in [1.165, 1.54) is 17.8 Å². The number of hydrogen-bond acceptors (Lipinski definition) is 6. The fourth-order valence-electron chi connectivity index (χ4n) is 7.59. The molecule has 5 rings (SSSR count). The first kappa shape index (κ1) is 22.7. The Bertz CT molecular complexity index is 1150. The number of carbonyl (C=O) groups is 2. The van der Waals surface area contributed by atoms with E-state index in [0.29, 0.717) is 24.2 Å². The number of nitrogens with zero attached hydrogens (tertiary/aromatic N) is 1. The van der Waals surface area contributed by atoms with Gasteiger partial charge in [-0.2, -0.15) is 0 Å². The van der Waals surface area contributed by atoms with Crippen molar-refractivity contribution in [2.45, 2.75) is 76.2 Å². The lowest BCUT2D eigenvalue weighted by Gasteiger charge is -2.57. The summed E-state index contributed by atoms with van der Waals surface area (Å²) in [7, 11) is -3.95. The van der Waals surface area contributed by atoms with Gasteiger partial charge in [-0.05, 0) is 80.3 Å². The first-order valence-electron chi connectivity index (χ1n) is 11.9. The zero-order chi connectivity index (χ0) is 23.6. The third-order valence-corrected chi connectivity index (χ3v) is 10.3. The number of fused-ring (bicyclic) bond motifs is 5. The van der Waals surface area contributed by atoms with Gasteiger partial charge in [0.2, 0.25) is 10.0 Å². The van der Waals surface area contributed by atoms with Gasteiger partial charge in [0.05, 0.1) is 5.56 Å². The molecule has 7 nitrogen and oxygen atoms in total. The molecule has 0 bridgehead atoms. The number of ether oxygens (including phenoxy) is 1. The van der Waals surface area contributed by atoms with Crippen LogP contribution in [-0.4, -0.2) is 31.3 Å². The molecule has 3 fully saturated rings. The number of rotatable bonds is 3. The number of nitrogens with two attached hydrogens (primary N) is 1. The number of pyridine rings is 1. The van der Waals surface area contributed by atoms with Crippen LogP contribution in [0.2, 0.25) is 0 Å². The van der Waals surface area contributed by atoms with Crippen LogP contribution in [0.3, 0.4) is 0 Å². The lowest BCUT2D eigenvalue weighted by molar-refractivity contribution is -0.118. The highest BCUT2D eigenvalue weighted by Crippen LogP contribution is 2.65. The summed E-state index contributed by atoms with van der Waals surface area (Å²) in [4.78, 5) is 28.6. The van der Waals surface area contributed by atoms with E-state index >= 15 is 0 Å². The predicted molar refractivity (Wildman–Crippen MR) is 122 cm³/mol. The SMILES string of the molecule is C[C@]12CCC(=O)C=C1CCC1C2CC[C@@]2(C)C1CC[C@@H]2OC(=O)c1cncc(S(N)(=O)=O)c1. The van der Waals surface area contributed by atoms with Crippen molar-refractivity contribution < 1.29 is 22.7 Å². The molecule has 33 heavy (non-hydrogen) atoms. The van der Waals surface area contributed by atoms with Gasteiger partial charge in [0.15, 0.2) is 5.78 Å². The fourth-order valence-corrected chi connectivity index (χ4v) is 8.09. The maximum Gasteiger partial charge on any atom is 0.340 e. The van der Waals surface area contributed by atoms with Gasteiger partial charge in [0.1, 0.15) is 11.0 Å². The molecular formula is C25H32N2O5S. The highest BCUT2D eigenvalue weighted by atomic mass is 32.2. The van der Waals surface area contributed by atoms with Crippen LogP contribution in [0.4, 0.5) is 0 Å². The van der Waals surface area contributed by atoms with Crippen molar-refractivity contribution >= 4 is 21.8 Å². The first-order valence-corrected chi connectivity index (χ1v) is 13.5. The molecule has 8 heteroatoms. The number of ketones is 1. The Hall–Kier alpha value is -2.06. The summed E-state index contributed by atoms with van der Waals surface area (Å²) in [5.74, 6) is 1.37. The number of sulfonamides is 1. The van der Waals surface area contributed by atoms with Crippen molar-refractivity contribution in [2.24, 2.45) is 33.7 Å². The molecule has 0 spiro atoms. The van der Waals surface area contributed by atoms with E-state index < -0.39 is 16.0 Å². The second kappa shape index (κ2) is 7.73. The van der Waals surface area contributed by atoms with Crippen molar-refractivity contribution in [3.8, 4) is 0 Å². The van der Waals surface area contributed by atoms with E-state index in [1.54, 1.807) is 0 Å². The molecule has 0 aliphatic heterocycles. The summed E-state index contributed by atoms with van der Waals surface area (Å²) in [6.07, 6.45) is 11.8. The molecular weight excluding hydrogens is 440 g/mol. The molecule has 4 aliphatic rings. The van der Waals surface area contributed by atoms with Crippen LogP contribution in [0.5, 0.6) is 0 Å². The Kier molecular flexibility index (Phi) is 5.32. The number of primary sulfonamides is 1. The molecule has 1 aromatic heterocycles. The van der Waals surface area contributed by atoms with Gasteiger partial charge >= 0.3 is 5.97 Å². The molecule has 4 aliphatic carbocycles. The lowest BCUT2D eigenvalue weighted by atomic mass is 9.47. The fraction of sp³-hybridized carbons (Fsp3) is 0.640. The standard InChI is InChI=1S/C25H32N2O5S/c1-24-9-7-17(28)12-16(24)3-4-19-20-5-6-22(25(20,2)10-8-21(19)24)32-23(29)15-11-18(14-27-13-15)33(26,30)31/h11-14,19-22H,3-10H2,1-2H3,(H2,26,30,31)/t19?,20?,21?,22-,24-,25-/m0/s1. The molecule has 0 aromatic carbocycles. The highest BCUT2D eigenvalue weighted by molar-refractivity contribution is 7.89. The monoisotopic (exact) mass is 472 g/mol. The minimum Gasteiger partial charge on any atom is -0.458 e. The van der Waals surface area contributed by atoms with Crippen LogP contribution >= 0.6 is 0 Å². The second-order valence-corrected chi connectivity index (χ2v) is 12.5. The largest absolute Gasteiger partial charge is 0.458 e. The molecule has 1 aromatic rings. The Morgan fingerprint density at radius 1 is 1.09 bits per heavy atom.